The van der Waals surface area contributed by atoms with Crippen LogP contribution in [-0.4, -0.2) is 11.5 Å². The number of hydrogen-bond acceptors (Lipinski definition) is 2. The smallest absolute Gasteiger partial charge is 0.129 e. The van der Waals surface area contributed by atoms with Gasteiger partial charge < -0.3 is 5.32 Å². The van der Waals surface area contributed by atoms with Crippen LogP contribution in [0.1, 0.15) is 50.7 Å². The van der Waals surface area contributed by atoms with E-state index in [0.29, 0.717) is 5.92 Å². The molecule has 1 N–H and O–H groups in total. The first-order chi connectivity index (χ1) is 9.63. The third kappa shape index (κ3) is 2.95. The number of anilines is 1. The van der Waals surface area contributed by atoms with Gasteiger partial charge in [0.05, 0.1) is 5.52 Å². The molecule has 2 nitrogen and oxygen atoms in total. The number of fused-ring (bicyclic) bond motifs is 2. The summed E-state index contributed by atoms with van der Waals surface area (Å²) >= 11 is 0. The predicted octanol–water partition coefficient (Wildman–Crippen LogP) is 4.74. The molecular formula is C18H24N2. The van der Waals surface area contributed by atoms with Crippen molar-refractivity contribution in [3.8, 4) is 0 Å². The number of aromatic nitrogens is 1. The zero-order valence-electron chi connectivity index (χ0n) is 12.7. The highest BCUT2D eigenvalue weighted by atomic mass is 15.0. The van der Waals surface area contributed by atoms with Crippen LogP contribution in [0.3, 0.4) is 0 Å². The summed E-state index contributed by atoms with van der Waals surface area (Å²) < 4.78 is 0. The van der Waals surface area contributed by atoms with Crippen molar-refractivity contribution in [2.24, 2.45) is 5.92 Å². The van der Waals surface area contributed by atoms with E-state index in [0.717, 1.165) is 30.2 Å². The number of nitrogens with one attached hydrogen (secondary N) is 1. The van der Waals surface area contributed by atoms with Crippen LogP contribution in [0.25, 0.3) is 10.9 Å². The molecule has 2 aliphatic rings. The lowest BCUT2D eigenvalue weighted by molar-refractivity contribution is 0.868. The van der Waals surface area contributed by atoms with Crippen LogP contribution in [0.4, 0.5) is 5.82 Å². The van der Waals surface area contributed by atoms with E-state index in [1.807, 2.05) is 0 Å². The lowest BCUT2D eigenvalue weighted by atomic mass is 10.0. The Kier molecular flexibility index (Phi) is 3.64. The number of hydrogen-bond donors (Lipinski definition) is 1. The van der Waals surface area contributed by atoms with Crippen molar-refractivity contribution >= 4 is 16.7 Å². The maximum atomic E-state index is 4.69. The number of benzene rings is 1. The van der Waals surface area contributed by atoms with E-state index in [1.54, 1.807) is 0 Å². The Morgan fingerprint density at radius 3 is 2.60 bits per heavy atom. The van der Waals surface area contributed by atoms with Crippen LogP contribution in [0, 0.1) is 5.92 Å². The molecule has 1 fully saturated rings. The first-order valence-electron chi connectivity index (χ1n) is 7.81. The zero-order valence-corrected chi connectivity index (χ0v) is 12.7. The van der Waals surface area contributed by atoms with Gasteiger partial charge >= 0.3 is 0 Å². The fourth-order valence-corrected chi connectivity index (χ4v) is 2.41. The summed E-state index contributed by atoms with van der Waals surface area (Å²) in [6.07, 6.45) is 4.07. The highest BCUT2D eigenvalue weighted by Crippen LogP contribution is 2.27. The van der Waals surface area contributed by atoms with Crippen LogP contribution in [0.5, 0.6) is 0 Å². The van der Waals surface area contributed by atoms with Gasteiger partial charge in [-0.25, -0.2) is 4.98 Å². The molecule has 2 heteroatoms. The van der Waals surface area contributed by atoms with Gasteiger partial charge in [-0.1, -0.05) is 45.7 Å². The van der Waals surface area contributed by atoms with Crippen LogP contribution in [-0.2, 0) is 6.42 Å². The average molecular weight is 268 g/mol. The fourth-order valence-electron chi connectivity index (χ4n) is 2.41. The van der Waals surface area contributed by atoms with E-state index in [1.165, 1.54) is 29.4 Å². The molecule has 0 spiro atoms. The van der Waals surface area contributed by atoms with Crippen LogP contribution in [0.2, 0.25) is 0 Å². The number of nitrogens with zero attached hydrogens (tertiary/aromatic N) is 1. The molecule has 106 valence electrons. The summed E-state index contributed by atoms with van der Waals surface area (Å²) in [4.78, 5) is 4.69. The second kappa shape index (κ2) is 5.43. The quantitative estimate of drug-likeness (QED) is 0.808. The lowest BCUT2D eigenvalue weighted by Crippen LogP contribution is -1.94. The number of pyridine rings is 1. The van der Waals surface area contributed by atoms with Crippen molar-refractivity contribution in [3.63, 3.8) is 0 Å². The molecule has 1 aromatic carbocycles. The molecule has 1 aromatic heterocycles. The predicted molar refractivity (Wildman–Crippen MR) is 86.4 cm³/mol. The molecule has 0 amide bonds. The van der Waals surface area contributed by atoms with Crippen LogP contribution >= 0.6 is 0 Å². The molecule has 1 saturated carbocycles. The van der Waals surface area contributed by atoms with Gasteiger partial charge in [0.25, 0.3) is 0 Å². The maximum absolute atomic E-state index is 4.69. The van der Waals surface area contributed by atoms with Crippen molar-refractivity contribution in [1.29, 1.82) is 0 Å². The summed E-state index contributed by atoms with van der Waals surface area (Å²) in [6.45, 7) is 7.73. The molecule has 20 heavy (non-hydrogen) atoms. The van der Waals surface area contributed by atoms with Gasteiger partial charge in [-0.15, -0.1) is 0 Å². The minimum atomic E-state index is 0.562. The molecule has 1 aliphatic carbocycles. The van der Waals surface area contributed by atoms with Crippen molar-refractivity contribution in [2.45, 2.75) is 46.0 Å². The molecule has 4 rings (SSSR count). The van der Waals surface area contributed by atoms with Crippen molar-refractivity contribution < 1.29 is 0 Å². The minimum absolute atomic E-state index is 0.562. The van der Waals surface area contributed by atoms with Crippen molar-refractivity contribution in [2.75, 3.05) is 11.9 Å². The third-order valence-corrected chi connectivity index (χ3v) is 4.14. The summed E-state index contributed by atoms with van der Waals surface area (Å²) in [5.74, 6) is 2.72. The Morgan fingerprint density at radius 1 is 1.20 bits per heavy atom. The third-order valence-electron chi connectivity index (χ3n) is 4.14. The van der Waals surface area contributed by atoms with Crippen LogP contribution < -0.4 is 5.32 Å². The van der Waals surface area contributed by atoms with E-state index in [2.05, 4.69) is 55.3 Å². The molecular weight excluding hydrogens is 244 g/mol. The Labute approximate surface area is 121 Å². The zero-order chi connectivity index (χ0) is 14.1. The highest BCUT2D eigenvalue weighted by molar-refractivity contribution is 5.83. The summed E-state index contributed by atoms with van der Waals surface area (Å²) in [5, 5.41) is 4.59. The largest absolute Gasteiger partial charge is 0.369 e. The summed E-state index contributed by atoms with van der Waals surface area (Å²) in [6, 6.07) is 8.88. The average Bonchev–Trinajstić information content (AvgIpc) is 3.08. The maximum Gasteiger partial charge on any atom is 0.129 e. The monoisotopic (exact) mass is 268 g/mol. The van der Waals surface area contributed by atoms with Gasteiger partial charge in [-0.3, -0.25) is 0 Å². The van der Waals surface area contributed by atoms with Gasteiger partial charge in [0, 0.05) is 11.9 Å². The van der Waals surface area contributed by atoms with Crippen molar-refractivity contribution in [3.05, 3.63) is 35.4 Å². The topological polar surface area (TPSA) is 24.9 Å². The van der Waals surface area contributed by atoms with Crippen molar-refractivity contribution in [1.82, 2.24) is 4.98 Å². The molecule has 1 aliphatic heterocycles. The molecule has 0 saturated heterocycles. The van der Waals surface area contributed by atoms with Gasteiger partial charge in [0.15, 0.2) is 0 Å². The normalized spacial score (nSPS) is 16.6. The van der Waals surface area contributed by atoms with E-state index in [-0.39, 0.29) is 0 Å². The Balaban J connectivity index is 0.000000261. The summed E-state index contributed by atoms with van der Waals surface area (Å²) in [7, 11) is 0. The highest BCUT2D eigenvalue weighted by Gasteiger charge is 2.13. The molecule has 0 bridgehead atoms. The van der Waals surface area contributed by atoms with Gasteiger partial charge in [-0.05, 0) is 41.5 Å². The minimum Gasteiger partial charge on any atom is -0.369 e. The SMILES string of the molecule is CC(C)c1ccc2cc3c(nc2c1)NCC3.CC1CC1. The van der Waals surface area contributed by atoms with Crippen LogP contribution in [0.15, 0.2) is 24.3 Å². The first-order valence-corrected chi connectivity index (χ1v) is 7.81. The summed E-state index contributed by atoms with van der Waals surface area (Å²) in [5.41, 5.74) is 3.82. The molecule has 0 radical (unpaired) electrons. The Morgan fingerprint density at radius 2 is 1.95 bits per heavy atom. The number of rotatable bonds is 1. The molecule has 2 aromatic rings. The Bertz CT molecular complexity index is 612. The molecule has 2 heterocycles. The standard InChI is InChI=1S/C14H16N2.C4H8/c1-9(2)10-3-4-11-7-12-5-6-15-14(12)16-13(11)8-10;1-4-2-3-4/h3-4,7-9H,5-6H2,1-2H3,(H,15,16);4H,2-3H2,1H3. The molecule has 0 unspecified atom stereocenters. The molecule has 0 atom stereocenters. The van der Waals surface area contributed by atoms with E-state index < -0.39 is 0 Å². The Hall–Kier alpha value is -1.57. The second-order valence-electron chi connectivity index (χ2n) is 6.46. The van der Waals surface area contributed by atoms with Gasteiger partial charge in [-0.2, -0.15) is 0 Å². The fraction of sp³-hybridized carbons (Fsp3) is 0.500. The van der Waals surface area contributed by atoms with Gasteiger partial charge in [0.2, 0.25) is 0 Å². The lowest BCUT2D eigenvalue weighted by Gasteiger charge is -2.08. The van der Waals surface area contributed by atoms with E-state index in [9.17, 15) is 0 Å². The van der Waals surface area contributed by atoms with Gasteiger partial charge in [0.1, 0.15) is 5.82 Å². The second-order valence-corrected chi connectivity index (χ2v) is 6.46. The van der Waals surface area contributed by atoms with E-state index >= 15 is 0 Å². The first kappa shape index (κ1) is 13.4. The van der Waals surface area contributed by atoms with E-state index in [4.69, 9.17) is 0 Å².